The van der Waals surface area contributed by atoms with Crippen molar-refractivity contribution in [2.24, 2.45) is 45.8 Å². The maximum atomic E-state index is 5.31. The van der Waals surface area contributed by atoms with Crippen molar-refractivity contribution in [3.05, 3.63) is 24.3 Å². The number of allylic oxidation sites excluding steroid dienone is 3. The minimum Gasteiger partial charge on any atom is -0.172 e. The molecule has 5 saturated carbocycles. The lowest BCUT2D eigenvalue weighted by Gasteiger charge is -2.68. The van der Waals surface area contributed by atoms with E-state index in [0.717, 1.165) is 29.6 Å². The summed E-state index contributed by atoms with van der Waals surface area (Å²) in [5.41, 5.74) is 3.33. The summed E-state index contributed by atoms with van der Waals surface area (Å²) in [6, 6.07) is 0. The third-order valence-electron chi connectivity index (χ3n) is 11.8. The third kappa shape index (κ3) is 4.41. The van der Waals surface area contributed by atoms with Crippen LogP contribution in [0.15, 0.2) is 24.3 Å². The highest BCUT2D eigenvalue weighted by Crippen LogP contribution is 2.73. The van der Waals surface area contributed by atoms with Gasteiger partial charge in [0.15, 0.2) is 0 Å². The lowest BCUT2D eigenvalue weighted by molar-refractivity contribution is -0.177. The minimum absolute atomic E-state index is 0.401. The van der Waals surface area contributed by atoms with E-state index in [1.807, 2.05) is 20.8 Å². The summed E-state index contributed by atoms with van der Waals surface area (Å²) in [6.45, 7) is 22.3. The Morgan fingerprint density at radius 2 is 1.53 bits per heavy atom. The topological polar surface area (TPSA) is 0 Å². The molecule has 0 saturated heterocycles. The normalized spacial score (nSPS) is 47.4. The van der Waals surface area contributed by atoms with Gasteiger partial charge in [-0.3, -0.25) is 0 Å². The maximum Gasteiger partial charge on any atom is 0.0161 e. The lowest BCUT2D eigenvalue weighted by Crippen LogP contribution is -2.61. The summed E-state index contributed by atoms with van der Waals surface area (Å²) in [5.74, 6) is 4.73. The average Bonchev–Trinajstić information content (AvgIpc) is 3.19. The Balaban J connectivity index is 0.000000603. The van der Waals surface area contributed by atoms with Gasteiger partial charge in [0.1, 0.15) is 0 Å². The Morgan fingerprint density at radius 3 is 2.18 bits per heavy atom. The number of thiol groups is 1. The van der Waals surface area contributed by atoms with E-state index in [2.05, 4.69) is 47.3 Å². The second-order valence-corrected chi connectivity index (χ2v) is 14.3. The van der Waals surface area contributed by atoms with Crippen LogP contribution in [0, 0.1) is 45.8 Å². The van der Waals surface area contributed by atoms with Crippen LogP contribution in [-0.2, 0) is 0 Å². The molecule has 1 heteroatoms. The van der Waals surface area contributed by atoms with Crippen LogP contribution in [0.4, 0.5) is 0 Å². The number of fused-ring (bicyclic) bond motifs is 7. The van der Waals surface area contributed by atoms with Crippen molar-refractivity contribution < 1.29 is 0 Å². The van der Waals surface area contributed by atoms with Crippen LogP contribution >= 0.6 is 12.6 Å². The van der Waals surface area contributed by atoms with Crippen LogP contribution in [0.1, 0.15) is 132 Å². The van der Waals surface area contributed by atoms with Gasteiger partial charge in [0.05, 0.1) is 0 Å². The van der Waals surface area contributed by atoms with Gasteiger partial charge >= 0.3 is 0 Å². The van der Waals surface area contributed by atoms with Gasteiger partial charge in [-0.25, -0.2) is 0 Å². The molecule has 7 unspecified atom stereocenters. The number of rotatable bonds is 1. The van der Waals surface area contributed by atoms with Gasteiger partial charge in [0.25, 0.3) is 0 Å². The van der Waals surface area contributed by atoms with Crippen molar-refractivity contribution in [3.63, 3.8) is 0 Å². The molecule has 5 aliphatic rings. The summed E-state index contributed by atoms with van der Waals surface area (Å²) < 4.78 is 0.401. The summed E-state index contributed by atoms with van der Waals surface area (Å²) in [4.78, 5) is 0. The zero-order valence-electron chi connectivity index (χ0n) is 24.2. The predicted molar refractivity (Wildman–Crippen MR) is 156 cm³/mol. The lowest BCUT2D eigenvalue weighted by atomic mass is 9.36. The molecule has 0 aromatic heterocycles. The van der Waals surface area contributed by atoms with Crippen LogP contribution in [0.5, 0.6) is 0 Å². The van der Waals surface area contributed by atoms with Gasteiger partial charge in [-0.15, -0.1) is 6.58 Å². The summed E-state index contributed by atoms with van der Waals surface area (Å²) in [5, 5.41) is 0. The second kappa shape index (κ2) is 10.7. The first-order chi connectivity index (χ1) is 16.1. The Kier molecular flexibility index (Phi) is 8.91. The molecular formula is C33H58S. The van der Waals surface area contributed by atoms with Crippen LogP contribution < -0.4 is 0 Å². The fraction of sp³-hybridized carbons (Fsp3) is 0.879. The van der Waals surface area contributed by atoms with Crippen molar-refractivity contribution in [2.75, 3.05) is 0 Å². The summed E-state index contributed by atoms with van der Waals surface area (Å²) >= 11 is 5.31. The molecule has 0 aromatic rings. The minimum atomic E-state index is 0.401. The molecule has 0 bridgehead atoms. The van der Waals surface area contributed by atoms with Crippen molar-refractivity contribution in [2.45, 2.75) is 137 Å². The van der Waals surface area contributed by atoms with E-state index < -0.39 is 0 Å². The highest BCUT2D eigenvalue weighted by molar-refractivity contribution is 7.81. The predicted octanol–water partition coefficient (Wildman–Crippen LogP) is 10.7. The van der Waals surface area contributed by atoms with E-state index in [1.54, 1.807) is 11.6 Å². The number of hydrogen-bond donors (Lipinski definition) is 1. The average molecular weight is 487 g/mol. The Hall–Kier alpha value is -0.170. The molecule has 0 spiro atoms. The molecule has 5 aliphatic carbocycles. The van der Waals surface area contributed by atoms with E-state index >= 15 is 0 Å². The van der Waals surface area contributed by atoms with E-state index in [1.165, 1.54) is 77.0 Å². The molecule has 0 heterocycles. The third-order valence-corrected chi connectivity index (χ3v) is 12.6. The van der Waals surface area contributed by atoms with Gasteiger partial charge in [-0.1, -0.05) is 72.6 Å². The largest absolute Gasteiger partial charge is 0.172 e. The Labute approximate surface area is 219 Å². The molecule has 0 radical (unpaired) electrons. The van der Waals surface area contributed by atoms with E-state index in [-0.39, 0.29) is 0 Å². The second-order valence-electron chi connectivity index (χ2n) is 13.4. The molecule has 0 N–H and O–H groups in total. The van der Waals surface area contributed by atoms with Gasteiger partial charge in [-0.2, -0.15) is 12.6 Å². The van der Waals surface area contributed by atoms with Gasteiger partial charge in [0.2, 0.25) is 0 Å². The first kappa shape index (κ1) is 28.4. The van der Waals surface area contributed by atoms with Gasteiger partial charge in [0, 0.05) is 4.75 Å². The summed E-state index contributed by atoms with van der Waals surface area (Å²) in [6.07, 6.45) is 21.5. The van der Waals surface area contributed by atoms with Crippen molar-refractivity contribution in [3.8, 4) is 0 Å². The fourth-order valence-electron chi connectivity index (χ4n) is 10.6. The van der Waals surface area contributed by atoms with Crippen LogP contribution in [0.3, 0.4) is 0 Å². The molecule has 196 valence electrons. The van der Waals surface area contributed by atoms with Crippen LogP contribution in [-0.4, -0.2) is 4.75 Å². The molecule has 5 fully saturated rings. The monoisotopic (exact) mass is 486 g/mol. The van der Waals surface area contributed by atoms with Crippen LogP contribution in [0.25, 0.3) is 0 Å². The first-order valence-corrected chi connectivity index (χ1v) is 15.5. The molecule has 0 aromatic carbocycles. The SMILES string of the molecule is C=CC.CC.CC/C=C1\CCC2(C)C(CCC3(C)C4CCC5(S)CCC[C@@H]5C4CCC32)C1(C)C. The van der Waals surface area contributed by atoms with Crippen LogP contribution in [0.2, 0.25) is 0 Å². The molecule has 0 nitrogen and oxygen atoms in total. The zero-order valence-corrected chi connectivity index (χ0v) is 25.1. The molecule has 0 aliphatic heterocycles. The van der Waals surface area contributed by atoms with E-state index in [4.69, 9.17) is 12.6 Å². The quantitative estimate of drug-likeness (QED) is 0.276. The van der Waals surface area contributed by atoms with Crippen molar-refractivity contribution >= 4 is 12.6 Å². The smallest absolute Gasteiger partial charge is 0.0161 e. The van der Waals surface area contributed by atoms with Crippen molar-refractivity contribution in [1.29, 1.82) is 0 Å². The molecule has 8 atom stereocenters. The zero-order chi connectivity index (χ0) is 25.4. The molecule has 5 rings (SSSR count). The first-order valence-electron chi connectivity index (χ1n) is 15.1. The van der Waals surface area contributed by atoms with Gasteiger partial charge < -0.3 is 0 Å². The standard InChI is InChI=1S/C28H46S.C3H6.C2H6/c1-6-8-19-12-16-27(5)23(25(19,2)3)14-17-26(4)21-13-18-28(29)15-7-9-22(28)20(21)10-11-24(26)27;1-3-2;1-2/h8,20-24,29H,6-7,9-18H2,1-5H3;3H,1H2,2H3;1-2H3/b19-8+;;/t20?,21?,22-,23?,24?,26?,27?,28?;;/m1../s1. The summed E-state index contributed by atoms with van der Waals surface area (Å²) in [7, 11) is 0. The molecule has 0 amide bonds. The maximum absolute atomic E-state index is 5.31. The Bertz CT molecular complexity index is 733. The van der Waals surface area contributed by atoms with E-state index in [9.17, 15) is 0 Å². The highest BCUT2D eigenvalue weighted by Gasteiger charge is 2.65. The highest BCUT2D eigenvalue weighted by atomic mass is 32.1. The fourth-order valence-corrected chi connectivity index (χ4v) is 11.2. The molecule has 34 heavy (non-hydrogen) atoms. The molecular weight excluding hydrogens is 428 g/mol. The number of hydrogen-bond acceptors (Lipinski definition) is 1. The van der Waals surface area contributed by atoms with Gasteiger partial charge in [-0.05, 0) is 123 Å². The van der Waals surface area contributed by atoms with Crippen molar-refractivity contribution in [1.82, 2.24) is 0 Å². The van der Waals surface area contributed by atoms with E-state index in [0.29, 0.717) is 21.0 Å². The Morgan fingerprint density at radius 1 is 0.853 bits per heavy atom.